The number of aromatic nitrogens is 2. The molecule has 0 saturated carbocycles. The van der Waals surface area contributed by atoms with E-state index in [-0.39, 0.29) is 11.5 Å². The Morgan fingerprint density at radius 2 is 2.31 bits per heavy atom. The van der Waals surface area contributed by atoms with Crippen molar-refractivity contribution in [2.45, 2.75) is 25.3 Å². The summed E-state index contributed by atoms with van der Waals surface area (Å²) in [4.78, 5) is 20.8. The summed E-state index contributed by atoms with van der Waals surface area (Å²) in [7, 11) is 1.74. The Hall–Kier alpha value is -2.97. The molecule has 4 rings (SSSR count). The lowest BCUT2D eigenvalue weighted by Crippen LogP contribution is -2.33. The minimum Gasteiger partial charge on any atom is -0.383 e. The second-order valence-electron chi connectivity index (χ2n) is 7.36. The highest BCUT2D eigenvalue weighted by Gasteiger charge is 2.25. The molecule has 1 atom stereocenters. The molecule has 8 heteroatoms. The van der Waals surface area contributed by atoms with Gasteiger partial charge < -0.3 is 15.0 Å². The molecule has 0 amide bonds. The zero-order chi connectivity index (χ0) is 20.2. The minimum absolute atomic E-state index is 0.0402. The molecule has 0 spiro atoms. The molecule has 3 aromatic rings. The van der Waals surface area contributed by atoms with Crippen LogP contribution in [0.25, 0.3) is 10.9 Å². The second-order valence-corrected chi connectivity index (χ2v) is 7.36. The third kappa shape index (κ3) is 4.23. The number of likely N-dealkylation sites (tertiary alicyclic amines) is 1. The number of hydrogen-bond donors (Lipinski definition) is 2. The smallest absolute Gasteiger partial charge is 0.311 e. The van der Waals surface area contributed by atoms with Crippen LogP contribution in [0.15, 0.2) is 42.7 Å². The molecule has 2 aromatic heterocycles. The summed E-state index contributed by atoms with van der Waals surface area (Å²) in [5.74, 6) is 0.246. The SMILES string of the molecule is COCCN1CCCC1Cc1c[nH]c2ccc(Nc3ncccc3[N+](=O)[O-])cc12. The van der Waals surface area contributed by atoms with Gasteiger partial charge >= 0.3 is 5.69 Å². The van der Waals surface area contributed by atoms with Crippen LogP contribution in [0.1, 0.15) is 18.4 Å². The quantitative estimate of drug-likeness (QED) is 0.444. The van der Waals surface area contributed by atoms with Gasteiger partial charge in [-0.3, -0.25) is 15.0 Å². The number of methoxy groups -OCH3 is 1. The molecule has 1 aliphatic heterocycles. The van der Waals surface area contributed by atoms with E-state index in [2.05, 4.69) is 26.4 Å². The van der Waals surface area contributed by atoms with Crippen molar-refractivity contribution in [2.75, 3.05) is 32.1 Å². The maximum absolute atomic E-state index is 11.2. The minimum atomic E-state index is -0.426. The zero-order valence-electron chi connectivity index (χ0n) is 16.4. The molecule has 1 saturated heterocycles. The van der Waals surface area contributed by atoms with Gasteiger partial charge in [0.05, 0.1) is 11.5 Å². The maximum Gasteiger partial charge on any atom is 0.311 e. The normalized spacial score (nSPS) is 17.1. The van der Waals surface area contributed by atoms with E-state index in [1.54, 1.807) is 19.4 Å². The summed E-state index contributed by atoms with van der Waals surface area (Å²) in [5.41, 5.74) is 3.06. The van der Waals surface area contributed by atoms with Gasteiger partial charge in [-0.05, 0) is 55.6 Å². The van der Waals surface area contributed by atoms with Crippen molar-refractivity contribution in [1.82, 2.24) is 14.9 Å². The largest absolute Gasteiger partial charge is 0.383 e. The van der Waals surface area contributed by atoms with Crippen LogP contribution < -0.4 is 5.32 Å². The first-order chi connectivity index (χ1) is 14.2. The number of pyridine rings is 1. The van der Waals surface area contributed by atoms with Gasteiger partial charge in [-0.15, -0.1) is 0 Å². The fraction of sp³-hybridized carbons (Fsp3) is 0.381. The number of rotatable bonds is 8. The van der Waals surface area contributed by atoms with E-state index in [4.69, 9.17) is 4.74 Å². The summed E-state index contributed by atoms with van der Waals surface area (Å²) in [5, 5.41) is 15.5. The topological polar surface area (TPSA) is 96.3 Å². The fourth-order valence-electron chi connectivity index (χ4n) is 4.09. The van der Waals surface area contributed by atoms with Crippen LogP contribution in [0.4, 0.5) is 17.2 Å². The van der Waals surface area contributed by atoms with Crippen LogP contribution in [-0.4, -0.2) is 52.6 Å². The predicted octanol–water partition coefficient (Wildman–Crippen LogP) is 3.87. The van der Waals surface area contributed by atoms with E-state index >= 15 is 0 Å². The Morgan fingerprint density at radius 3 is 3.14 bits per heavy atom. The Labute approximate surface area is 169 Å². The Morgan fingerprint density at radius 1 is 1.41 bits per heavy atom. The van der Waals surface area contributed by atoms with Crippen molar-refractivity contribution in [3.05, 3.63) is 58.4 Å². The van der Waals surface area contributed by atoms with Gasteiger partial charge in [-0.2, -0.15) is 0 Å². The van der Waals surface area contributed by atoms with Crippen molar-refractivity contribution in [1.29, 1.82) is 0 Å². The average molecular weight is 395 g/mol. The number of nitro groups is 1. The first-order valence-corrected chi connectivity index (χ1v) is 9.85. The lowest BCUT2D eigenvalue weighted by molar-refractivity contribution is -0.384. The second kappa shape index (κ2) is 8.59. The maximum atomic E-state index is 11.2. The van der Waals surface area contributed by atoms with E-state index in [1.165, 1.54) is 24.5 Å². The third-order valence-corrected chi connectivity index (χ3v) is 5.55. The molecule has 1 unspecified atom stereocenters. The summed E-state index contributed by atoms with van der Waals surface area (Å²) in [6, 6.07) is 9.46. The van der Waals surface area contributed by atoms with Crippen molar-refractivity contribution < 1.29 is 9.66 Å². The number of nitrogens with zero attached hydrogens (tertiary/aromatic N) is 3. The highest BCUT2D eigenvalue weighted by atomic mass is 16.6. The van der Waals surface area contributed by atoms with Gasteiger partial charge in [-0.25, -0.2) is 4.98 Å². The monoisotopic (exact) mass is 395 g/mol. The molecule has 2 N–H and O–H groups in total. The van der Waals surface area contributed by atoms with Crippen LogP contribution in [-0.2, 0) is 11.2 Å². The number of aromatic amines is 1. The van der Waals surface area contributed by atoms with E-state index < -0.39 is 4.92 Å². The summed E-state index contributed by atoms with van der Waals surface area (Å²) < 4.78 is 5.25. The van der Waals surface area contributed by atoms with Crippen LogP contribution >= 0.6 is 0 Å². The highest BCUT2D eigenvalue weighted by molar-refractivity contribution is 5.87. The van der Waals surface area contributed by atoms with Crippen molar-refractivity contribution >= 4 is 28.1 Å². The van der Waals surface area contributed by atoms with Crippen LogP contribution in [0.5, 0.6) is 0 Å². The molecule has 1 fully saturated rings. The number of anilines is 2. The van der Waals surface area contributed by atoms with Crippen LogP contribution in [0.2, 0.25) is 0 Å². The summed E-state index contributed by atoms with van der Waals surface area (Å²) in [6.45, 7) is 2.83. The molecule has 3 heterocycles. The molecule has 1 aliphatic rings. The first-order valence-electron chi connectivity index (χ1n) is 9.85. The standard InChI is InChI=1S/C21H25N5O3/c1-29-11-10-25-9-3-4-17(25)12-15-14-23-19-7-6-16(13-18(15)19)24-21-20(26(27)28)5-2-8-22-21/h2,5-8,13-14,17,23H,3-4,9-12H2,1H3,(H,22,24). The molecule has 29 heavy (non-hydrogen) atoms. The third-order valence-electron chi connectivity index (χ3n) is 5.55. The molecule has 152 valence electrons. The van der Waals surface area contributed by atoms with E-state index in [0.29, 0.717) is 6.04 Å². The molecule has 1 aromatic carbocycles. The summed E-state index contributed by atoms with van der Waals surface area (Å²) >= 11 is 0. The first kappa shape index (κ1) is 19.4. The van der Waals surface area contributed by atoms with Crippen LogP contribution in [0, 0.1) is 10.1 Å². The number of nitrogens with one attached hydrogen (secondary N) is 2. The van der Waals surface area contributed by atoms with E-state index in [9.17, 15) is 10.1 Å². The average Bonchev–Trinajstić information content (AvgIpc) is 3.34. The van der Waals surface area contributed by atoms with E-state index in [1.807, 2.05) is 18.2 Å². The highest BCUT2D eigenvalue weighted by Crippen LogP contribution is 2.30. The van der Waals surface area contributed by atoms with Gasteiger partial charge in [0.1, 0.15) is 0 Å². The molecule has 0 bridgehead atoms. The van der Waals surface area contributed by atoms with Gasteiger partial charge in [-0.1, -0.05) is 0 Å². The molecule has 0 radical (unpaired) electrons. The number of benzene rings is 1. The Balaban J connectivity index is 1.56. The molecule has 0 aliphatic carbocycles. The lowest BCUT2D eigenvalue weighted by atomic mass is 10.0. The number of ether oxygens (including phenoxy) is 1. The molecular formula is C21H25N5O3. The van der Waals surface area contributed by atoms with Crippen molar-refractivity contribution in [3.63, 3.8) is 0 Å². The van der Waals surface area contributed by atoms with Gasteiger partial charge in [0.15, 0.2) is 0 Å². The van der Waals surface area contributed by atoms with Gasteiger partial charge in [0.25, 0.3) is 0 Å². The number of H-pyrrole nitrogens is 1. The Bertz CT molecular complexity index is 1000. The summed E-state index contributed by atoms with van der Waals surface area (Å²) in [6.07, 6.45) is 6.99. The molecular weight excluding hydrogens is 370 g/mol. The fourth-order valence-corrected chi connectivity index (χ4v) is 4.09. The Kier molecular flexibility index (Phi) is 5.73. The van der Waals surface area contributed by atoms with Crippen molar-refractivity contribution in [3.8, 4) is 0 Å². The van der Waals surface area contributed by atoms with Gasteiger partial charge in [0, 0.05) is 54.7 Å². The predicted molar refractivity (Wildman–Crippen MR) is 113 cm³/mol. The van der Waals surface area contributed by atoms with Crippen LogP contribution in [0.3, 0.4) is 0 Å². The number of hydrogen-bond acceptors (Lipinski definition) is 6. The van der Waals surface area contributed by atoms with Gasteiger partial charge in [0.2, 0.25) is 5.82 Å². The zero-order valence-corrected chi connectivity index (χ0v) is 16.4. The molecule has 8 nitrogen and oxygen atoms in total. The van der Waals surface area contributed by atoms with E-state index in [0.717, 1.165) is 42.7 Å². The lowest BCUT2D eigenvalue weighted by Gasteiger charge is -2.23. The van der Waals surface area contributed by atoms with Crippen molar-refractivity contribution in [2.24, 2.45) is 0 Å². The number of fused-ring (bicyclic) bond motifs is 1.